The summed E-state index contributed by atoms with van der Waals surface area (Å²) in [5.41, 5.74) is 5.03. The average molecular weight is 273 g/mol. The highest BCUT2D eigenvalue weighted by molar-refractivity contribution is 7.06. The number of benzene rings is 1. The fourth-order valence-corrected chi connectivity index (χ4v) is 3.26. The second-order valence-electron chi connectivity index (χ2n) is 4.91. The topological polar surface area (TPSA) is 50.2 Å². The summed E-state index contributed by atoms with van der Waals surface area (Å²) in [5.74, 6) is -0.757. The molecular formula is C15H15NO2S. The first-order valence-corrected chi connectivity index (χ1v) is 7.29. The molecule has 0 unspecified atom stereocenters. The number of rotatable bonds is 4. The Morgan fingerprint density at radius 3 is 2.95 bits per heavy atom. The van der Waals surface area contributed by atoms with Crippen LogP contribution < -0.4 is 0 Å². The Kier molecular flexibility index (Phi) is 3.34. The number of nitrogens with zero attached hydrogens (tertiary/aromatic N) is 1. The lowest BCUT2D eigenvalue weighted by atomic mass is 10.0. The first-order chi connectivity index (χ1) is 9.22. The average Bonchev–Trinajstić information content (AvgIpc) is 3.04. The van der Waals surface area contributed by atoms with Crippen molar-refractivity contribution < 1.29 is 9.90 Å². The Morgan fingerprint density at radius 2 is 2.11 bits per heavy atom. The zero-order chi connectivity index (χ0) is 13.2. The fraction of sp³-hybridized carbons (Fsp3) is 0.333. The number of carboxylic acids is 1. The fourth-order valence-electron chi connectivity index (χ4n) is 2.53. The number of aliphatic carboxylic acids is 1. The highest BCUT2D eigenvalue weighted by atomic mass is 32.1. The lowest BCUT2D eigenvalue weighted by Gasteiger charge is -2.01. The Balaban J connectivity index is 1.80. The maximum Gasteiger partial charge on any atom is 0.303 e. The largest absolute Gasteiger partial charge is 0.481 e. The lowest BCUT2D eigenvalue weighted by Crippen LogP contribution is -1.95. The Hall–Kier alpha value is -1.68. The van der Waals surface area contributed by atoms with Gasteiger partial charge in [0.25, 0.3) is 0 Å². The van der Waals surface area contributed by atoms with E-state index >= 15 is 0 Å². The summed E-state index contributed by atoms with van der Waals surface area (Å²) in [6.07, 6.45) is 4.35. The molecule has 1 heterocycles. The molecule has 19 heavy (non-hydrogen) atoms. The van der Waals surface area contributed by atoms with Crippen LogP contribution in [0.1, 0.15) is 28.8 Å². The zero-order valence-electron chi connectivity index (χ0n) is 10.6. The van der Waals surface area contributed by atoms with E-state index in [-0.39, 0.29) is 6.42 Å². The van der Waals surface area contributed by atoms with Crippen molar-refractivity contribution in [3.63, 3.8) is 0 Å². The van der Waals surface area contributed by atoms with Crippen molar-refractivity contribution >= 4 is 17.5 Å². The Morgan fingerprint density at radius 1 is 1.26 bits per heavy atom. The molecule has 3 rings (SSSR count). The van der Waals surface area contributed by atoms with Crippen LogP contribution in [-0.2, 0) is 24.1 Å². The molecule has 1 aromatic carbocycles. The summed E-state index contributed by atoms with van der Waals surface area (Å²) in [5, 5.41) is 8.69. The van der Waals surface area contributed by atoms with E-state index < -0.39 is 5.97 Å². The smallest absolute Gasteiger partial charge is 0.303 e. The molecule has 4 heteroatoms. The van der Waals surface area contributed by atoms with Crippen LogP contribution in [0.2, 0.25) is 0 Å². The van der Waals surface area contributed by atoms with Gasteiger partial charge in [0.2, 0.25) is 0 Å². The first-order valence-electron chi connectivity index (χ1n) is 6.52. The van der Waals surface area contributed by atoms with Crippen LogP contribution >= 0.6 is 11.5 Å². The highest BCUT2D eigenvalue weighted by Gasteiger charge is 2.13. The van der Waals surface area contributed by atoms with Crippen molar-refractivity contribution in [2.45, 2.75) is 32.1 Å². The predicted octanol–water partition coefficient (Wildman–Crippen LogP) is 3.32. The molecule has 0 saturated heterocycles. The van der Waals surface area contributed by atoms with Gasteiger partial charge in [0.1, 0.15) is 0 Å². The number of fused-ring (bicyclic) bond motifs is 1. The van der Waals surface area contributed by atoms with Crippen molar-refractivity contribution in [1.82, 2.24) is 4.37 Å². The van der Waals surface area contributed by atoms with E-state index in [1.807, 2.05) is 6.07 Å². The van der Waals surface area contributed by atoms with Crippen molar-refractivity contribution in [2.24, 2.45) is 0 Å². The molecule has 0 spiro atoms. The van der Waals surface area contributed by atoms with Gasteiger partial charge < -0.3 is 5.11 Å². The number of aromatic nitrogens is 1. The minimum Gasteiger partial charge on any atom is -0.481 e. The number of hydrogen-bond acceptors (Lipinski definition) is 3. The maximum atomic E-state index is 10.6. The van der Waals surface area contributed by atoms with E-state index in [1.54, 1.807) is 0 Å². The normalized spacial score (nSPS) is 13.5. The molecule has 98 valence electrons. The molecule has 0 aliphatic heterocycles. The third-order valence-electron chi connectivity index (χ3n) is 3.54. The van der Waals surface area contributed by atoms with Gasteiger partial charge in [-0.25, -0.2) is 0 Å². The van der Waals surface area contributed by atoms with Crippen LogP contribution in [0.5, 0.6) is 0 Å². The molecule has 1 aromatic heterocycles. The molecule has 3 nitrogen and oxygen atoms in total. The minimum absolute atomic E-state index is 0.172. The van der Waals surface area contributed by atoms with Crippen LogP contribution in [0, 0.1) is 0 Å². The Bertz CT molecular complexity index is 618. The molecule has 0 fully saturated rings. The molecule has 1 N–H and O–H groups in total. The lowest BCUT2D eigenvalue weighted by molar-refractivity contribution is -0.136. The maximum absolute atomic E-state index is 10.6. The summed E-state index contributed by atoms with van der Waals surface area (Å²) in [6.45, 7) is 0. The van der Waals surface area contributed by atoms with Gasteiger partial charge in [0.15, 0.2) is 0 Å². The van der Waals surface area contributed by atoms with Crippen LogP contribution in [0.15, 0.2) is 24.3 Å². The predicted molar refractivity (Wildman–Crippen MR) is 75.5 cm³/mol. The van der Waals surface area contributed by atoms with Gasteiger partial charge >= 0.3 is 5.97 Å². The van der Waals surface area contributed by atoms with E-state index in [4.69, 9.17) is 5.11 Å². The number of aryl methyl sites for hydroxylation is 3. The molecule has 0 bridgehead atoms. The van der Waals surface area contributed by atoms with E-state index in [0.717, 1.165) is 16.1 Å². The molecule has 1 aliphatic rings. The van der Waals surface area contributed by atoms with Gasteiger partial charge in [0, 0.05) is 10.4 Å². The standard InChI is InChI=1S/C15H15NO2S/c17-15(18)7-6-13-9-14(16-19-13)12-5-4-10-2-1-3-11(10)8-12/h4-5,8-9H,1-3,6-7H2,(H,17,18). The summed E-state index contributed by atoms with van der Waals surface area (Å²) < 4.78 is 4.44. The van der Waals surface area contributed by atoms with E-state index in [9.17, 15) is 4.79 Å². The molecule has 1 aliphatic carbocycles. The van der Waals surface area contributed by atoms with E-state index in [1.165, 1.54) is 41.9 Å². The second-order valence-corrected chi connectivity index (χ2v) is 5.80. The first kappa shape index (κ1) is 12.4. The second kappa shape index (κ2) is 5.13. The van der Waals surface area contributed by atoms with Crippen molar-refractivity contribution in [1.29, 1.82) is 0 Å². The van der Waals surface area contributed by atoms with Crippen LogP contribution in [0.3, 0.4) is 0 Å². The van der Waals surface area contributed by atoms with Crippen LogP contribution in [-0.4, -0.2) is 15.4 Å². The number of hydrogen-bond donors (Lipinski definition) is 1. The van der Waals surface area contributed by atoms with Gasteiger partial charge in [-0.2, -0.15) is 4.37 Å². The van der Waals surface area contributed by atoms with Gasteiger partial charge in [-0.1, -0.05) is 12.1 Å². The minimum atomic E-state index is -0.757. The monoisotopic (exact) mass is 273 g/mol. The summed E-state index contributed by atoms with van der Waals surface area (Å²) in [4.78, 5) is 11.6. The van der Waals surface area contributed by atoms with Crippen LogP contribution in [0.25, 0.3) is 11.3 Å². The number of carboxylic acid groups (broad SMARTS) is 1. The van der Waals surface area contributed by atoms with Gasteiger partial charge in [-0.15, -0.1) is 0 Å². The Labute approximate surface area is 116 Å². The van der Waals surface area contributed by atoms with Gasteiger partial charge in [0.05, 0.1) is 12.1 Å². The quantitative estimate of drug-likeness (QED) is 0.929. The summed E-state index contributed by atoms with van der Waals surface area (Å²) in [6, 6.07) is 8.58. The number of carbonyl (C=O) groups is 1. The van der Waals surface area contributed by atoms with E-state index in [0.29, 0.717) is 6.42 Å². The molecule has 2 aromatic rings. The molecule has 0 atom stereocenters. The third-order valence-corrected chi connectivity index (χ3v) is 4.38. The SMILES string of the molecule is O=C(O)CCc1cc(-c2ccc3c(c2)CCC3)ns1. The summed E-state index contributed by atoms with van der Waals surface area (Å²) >= 11 is 1.41. The molecule has 0 saturated carbocycles. The van der Waals surface area contributed by atoms with E-state index in [2.05, 4.69) is 22.6 Å². The van der Waals surface area contributed by atoms with Crippen LogP contribution in [0.4, 0.5) is 0 Å². The highest BCUT2D eigenvalue weighted by Crippen LogP contribution is 2.29. The van der Waals surface area contributed by atoms with Gasteiger partial charge in [-0.05, 0) is 60.5 Å². The molecule has 0 amide bonds. The van der Waals surface area contributed by atoms with Crippen molar-refractivity contribution in [3.05, 3.63) is 40.3 Å². The molecule has 0 radical (unpaired) electrons. The van der Waals surface area contributed by atoms with Crippen molar-refractivity contribution in [2.75, 3.05) is 0 Å². The zero-order valence-corrected chi connectivity index (χ0v) is 11.4. The van der Waals surface area contributed by atoms with Crippen molar-refractivity contribution in [3.8, 4) is 11.3 Å². The van der Waals surface area contributed by atoms with Gasteiger partial charge in [-0.3, -0.25) is 4.79 Å². The third kappa shape index (κ3) is 2.68. The molecular weight excluding hydrogens is 258 g/mol. The summed E-state index contributed by atoms with van der Waals surface area (Å²) in [7, 11) is 0.